The molecule has 3 rings (SSSR count). The van der Waals surface area contributed by atoms with Gasteiger partial charge in [0.05, 0.1) is 12.5 Å². The maximum absolute atomic E-state index is 12.2. The number of halogens is 1. The second-order valence-electron chi connectivity index (χ2n) is 5.16. The van der Waals surface area contributed by atoms with E-state index in [-0.39, 0.29) is 18.2 Å². The van der Waals surface area contributed by atoms with Gasteiger partial charge in [-0.25, -0.2) is 4.68 Å². The first kappa shape index (κ1) is 14.5. The number of rotatable bonds is 3. The summed E-state index contributed by atoms with van der Waals surface area (Å²) in [5.74, 6) is -0.534. The number of aromatic nitrogens is 3. The van der Waals surface area contributed by atoms with E-state index in [2.05, 4.69) is 20.7 Å². The van der Waals surface area contributed by atoms with Gasteiger partial charge in [0.1, 0.15) is 6.33 Å². The smallest absolute Gasteiger partial charge is 0.232 e. The third-order valence-electron chi connectivity index (χ3n) is 3.52. The van der Waals surface area contributed by atoms with Crippen molar-refractivity contribution in [2.24, 2.45) is 5.92 Å². The average Bonchev–Trinajstić information content (AvgIpc) is 2.90. The van der Waals surface area contributed by atoms with Crippen LogP contribution in [0, 0.1) is 12.8 Å². The summed E-state index contributed by atoms with van der Waals surface area (Å²) in [6.07, 6.45) is 1.43. The molecule has 1 aromatic heterocycles. The number of hydrogen-bond donors (Lipinski definition) is 2. The van der Waals surface area contributed by atoms with Gasteiger partial charge in [0.15, 0.2) is 0 Å². The Hall–Kier alpha value is -2.41. The predicted octanol–water partition coefficient (Wildman–Crippen LogP) is 1.84. The minimum absolute atomic E-state index is 0.0666. The number of amides is 2. The summed E-state index contributed by atoms with van der Waals surface area (Å²) in [4.78, 5) is 28.0. The van der Waals surface area contributed by atoms with E-state index >= 15 is 0 Å². The zero-order valence-electron chi connectivity index (χ0n) is 11.8. The standard InChI is InChI=1S/C14H14ClN5O2/c1-8-2-3-10(15)5-11(8)18-12(21)4-9-6-20-14(16-7-17-20)19-13(9)22/h2-3,5,7,9H,4,6H2,1H3,(H,18,21)(H,16,17,19,22)/t9-/m0/s1. The van der Waals surface area contributed by atoms with Crippen LogP contribution < -0.4 is 10.6 Å². The molecule has 1 aliphatic rings. The van der Waals surface area contributed by atoms with Gasteiger partial charge in [-0.1, -0.05) is 17.7 Å². The molecule has 1 aromatic carbocycles. The van der Waals surface area contributed by atoms with E-state index in [1.165, 1.54) is 6.33 Å². The van der Waals surface area contributed by atoms with Crippen molar-refractivity contribution in [2.45, 2.75) is 19.9 Å². The van der Waals surface area contributed by atoms with Crippen molar-refractivity contribution in [2.75, 3.05) is 10.6 Å². The zero-order chi connectivity index (χ0) is 15.7. The highest BCUT2D eigenvalue weighted by molar-refractivity contribution is 6.31. The molecule has 0 fully saturated rings. The van der Waals surface area contributed by atoms with Crippen LogP contribution >= 0.6 is 11.6 Å². The molecule has 2 aromatic rings. The SMILES string of the molecule is Cc1ccc(Cl)cc1NC(=O)C[C@H]1Cn2ncnc2NC1=O. The maximum Gasteiger partial charge on any atom is 0.232 e. The average molecular weight is 320 g/mol. The van der Waals surface area contributed by atoms with Crippen molar-refractivity contribution in [1.82, 2.24) is 14.8 Å². The molecule has 1 atom stereocenters. The molecule has 2 heterocycles. The van der Waals surface area contributed by atoms with E-state index in [4.69, 9.17) is 11.6 Å². The van der Waals surface area contributed by atoms with Crippen LogP contribution in [0.25, 0.3) is 0 Å². The van der Waals surface area contributed by atoms with Crippen LogP contribution in [0.2, 0.25) is 5.02 Å². The molecular formula is C14H14ClN5O2. The second kappa shape index (κ2) is 5.76. The first-order chi connectivity index (χ1) is 10.5. The number of nitrogens with one attached hydrogen (secondary N) is 2. The molecule has 0 bridgehead atoms. The molecule has 0 unspecified atom stereocenters. The summed E-state index contributed by atoms with van der Waals surface area (Å²) in [5, 5.41) is 9.96. The Morgan fingerprint density at radius 2 is 2.36 bits per heavy atom. The third kappa shape index (κ3) is 2.94. The number of hydrogen-bond acceptors (Lipinski definition) is 4. The van der Waals surface area contributed by atoms with Gasteiger partial charge in [-0.15, -0.1) is 0 Å². The van der Waals surface area contributed by atoms with Crippen molar-refractivity contribution in [1.29, 1.82) is 0 Å². The number of aryl methyl sites for hydroxylation is 1. The Labute approximate surface area is 131 Å². The van der Waals surface area contributed by atoms with Gasteiger partial charge in [-0.2, -0.15) is 10.1 Å². The zero-order valence-corrected chi connectivity index (χ0v) is 12.6. The molecule has 114 valence electrons. The molecule has 1 aliphatic heterocycles. The van der Waals surface area contributed by atoms with Crippen molar-refractivity contribution in [3.63, 3.8) is 0 Å². The molecule has 0 spiro atoms. The van der Waals surface area contributed by atoms with Crippen molar-refractivity contribution in [3.05, 3.63) is 35.1 Å². The fraction of sp³-hybridized carbons (Fsp3) is 0.286. The van der Waals surface area contributed by atoms with Crippen molar-refractivity contribution in [3.8, 4) is 0 Å². The Morgan fingerprint density at radius 3 is 3.18 bits per heavy atom. The van der Waals surface area contributed by atoms with Crippen LogP contribution in [-0.4, -0.2) is 26.6 Å². The molecule has 8 heteroatoms. The van der Waals surface area contributed by atoms with Gasteiger partial charge in [-0.05, 0) is 24.6 Å². The van der Waals surface area contributed by atoms with Crippen molar-refractivity contribution >= 4 is 35.1 Å². The monoisotopic (exact) mass is 319 g/mol. The summed E-state index contributed by atoms with van der Waals surface area (Å²) in [7, 11) is 0. The van der Waals surface area contributed by atoms with Crippen molar-refractivity contribution < 1.29 is 9.59 Å². The lowest BCUT2D eigenvalue weighted by Gasteiger charge is -2.21. The third-order valence-corrected chi connectivity index (χ3v) is 3.76. The highest BCUT2D eigenvalue weighted by atomic mass is 35.5. The van der Waals surface area contributed by atoms with E-state index in [0.29, 0.717) is 23.2 Å². The molecule has 0 radical (unpaired) electrons. The number of carbonyl (C=O) groups is 2. The largest absolute Gasteiger partial charge is 0.326 e. The number of anilines is 2. The first-order valence-electron chi connectivity index (χ1n) is 6.77. The van der Waals surface area contributed by atoms with Gasteiger partial charge in [0.2, 0.25) is 17.8 Å². The predicted molar refractivity (Wildman–Crippen MR) is 81.6 cm³/mol. The van der Waals surface area contributed by atoms with E-state index in [9.17, 15) is 9.59 Å². The van der Waals surface area contributed by atoms with Crippen LogP contribution in [0.5, 0.6) is 0 Å². The number of nitrogens with zero attached hydrogens (tertiary/aromatic N) is 3. The highest BCUT2D eigenvalue weighted by Crippen LogP contribution is 2.22. The van der Waals surface area contributed by atoms with E-state index in [1.54, 1.807) is 16.8 Å². The summed E-state index contributed by atoms with van der Waals surface area (Å²) in [6.45, 7) is 2.21. The number of benzene rings is 1. The van der Waals surface area contributed by atoms with Crippen LogP contribution in [0.15, 0.2) is 24.5 Å². The van der Waals surface area contributed by atoms with Gasteiger partial charge in [-0.3, -0.25) is 14.9 Å². The van der Waals surface area contributed by atoms with Crippen LogP contribution in [0.4, 0.5) is 11.6 Å². The highest BCUT2D eigenvalue weighted by Gasteiger charge is 2.29. The summed E-state index contributed by atoms with van der Waals surface area (Å²) < 4.78 is 1.57. The fourth-order valence-corrected chi connectivity index (χ4v) is 2.48. The molecule has 2 N–H and O–H groups in total. The van der Waals surface area contributed by atoms with Gasteiger partial charge >= 0.3 is 0 Å². The van der Waals surface area contributed by atoms with E-state index in [1.807, 2.05) is 13.0 Å². The summed E-state index contributed by atoms with van der Waals surface area (Å²) in [6, 6.07) is 5.27. The Balaban J connectivity index is 1.67. The topological polar surface area (TPSA) is 88.9 Å². The van der Waals surface area contributed by atoms with Gasteiger partial charge < -0.3 is 5.32 Å². The number of carbonyl (C=O) groups excluding carboxylic acids is 2. The number of fused-ring (bicyclic) bond motifs is 1. The first-order valence-corrected chi connectivity index (χ1v) is 7.15. The van der Waals surface area contributed by atoms with Crippen LogP contribution in [-0.2, 0) is 16.1 Å². The van der Waals surface area contributed by atoms with E-state index in [0.717, 1.165) is 5.56 Å². The maximum atomic E-state index is 12.2. The molecule has 0 saturated carbocycles. The minimum atomic E-state index is -0.478. The Morgan fingerprint density at radius 1 is 1.55 bits per heavy atom. The second-order valence-corrected chi connectivity index (χ2v) is 5.60. The molecule has 0 saturated heterocycles. The molecule has 7 nitrogen and oxygen atoms in total. The fourth-order valence-electron chi connectivity index (χ4n) is 2.31. The molecule has 0 aliphatic carbocycles. The van der Waals surface area contributed by atoms with Gasteiger partial charge in [0, 0.05) is 17.1 Å². The molecular weight excluding hydrogens is 306 g/mol. The normalized spacial score (nSPS) is 16.8. The lowest BCUT2D eigenvalue weighted by Crippen LogP contribution is -2.36. The minimum Gasteiger partial charge on any atom is -0.326 e. The van der Waals surface area contributed by atoms with Gasteiger partial charge in [0.25, 0.3) is 0 Å². The van der Waals surface area contributed by atoms with Crippen LogP contribution in [0.3, 0.4) is 0 Å². The molecule has 22 heavy (non-hydrogen) atoms. The Kier molecular flexibility index (Phi) is 3.81. The summed E-state index contributed by atoms with van der Waals surface area (Å²) in [5.41, 5.74) is 1.56. The van der Waals surface area contributed by atoms with Crippen LogP contribution in [0.1, 0.15) is 12.0 Å². The molecule has 2 amide bonds. The van der Waals surface area contributed by atoms with E-state index < -0.39 is 5.92 Å². The lowest BCUT2D eigenvalue weighted by molar-refractivity contribution is -0.125. The quantitative estimate of drug-likeness (QED) is 0.903. The Bertz CT molecular complexity index is 743. The lowest BCUT2D eigenvalue weighted by atomic mass is 10.0. The summed E-state index contributed by atoms with van der Waals surface area (Å²) >= 11 is 5.93.